The van der Waals surface area contributed by atoms with E-state index in [1.54, 1.807) is 38.4 Å². The first-order valence-corrected chi connectivity index (χ1v) is 11.9. The maximum atomic E-state index is 13.4. The van der Waals surface area contributed by atoms with Gasteiger partial charge >= 0.3 is 0 Å². The predicted octanol–water partition coefficient (Wildman–Crippen LogP) is 4.14. The van der Waals surface area contributed by atoms with Gasteiger partial charge in [-0.1, -0.05) is 0 Å². The Hall–Kier alpha value is -4.03. The highest BCUT2D eigenvalue weighted by atomic mass is 16.5. The van der Waals surface area contributed by atoms with Crippen LogP contribution in [0.5, 0.6) is 5.88 Å². The van der Waals surface area contributed by atoms with Crippen molar-refractivity contribution in [2.24, 2.45) is 0 Å². The van der Waals surface area contributed by atoms with Crippen LogP contribution in [-0.4, -0.2) is 53.8 Å². The minimum absolute atomic E-state index is 0.303. The van der Waals surface area contributed by atoms with Crippen molar-refractivity contribution in [3.05, 3.63) is 59.7 Å². The Morgan fingerprint density at radius 1 is 1.19 bits per heavy atom. The Balaban J connectivity index is 1.74. The van der Waals surface area contributed by atoms with Crippen molar-refractivity contribution in [1.29, 1.82) is 5.26 Å². The van der Waals surface area contributed by atoms with E-state index in [1.807, 2.05) is 32.0 Å². The summed E-state index contributed by atoms with van der Waals surface area (Å²) in [5, 5.41) is 12.5. The number of nitriles is 1. The number of anilines is 2. The van der Waals surface area contributed by atoms with Crippen molar-refractivity contribution >= 4 is 17.4 Å². The number of carbonyl (C=O) groups excluding carboxylic acids is 1. The third kappa shape index (κ3) is 5.44. The van der Waals surface area contributed by atoms with Crippen molar-refractivity contribution in [3.8, 4) is 23.1 Å². The van der Waals surface area contributed by atoms with Gasteiger partial charge in [-0.2, -0.15) is 5.26 Å². The molecule has 0 atom stereocenters. The number of nitrogens with one attached hydrogen (secondary N) is 1. The van der Waals surface area contributed by atoms with Gasteiger partial charge in [-0.3, -0.25) is 9.78 Å². The molecule has 4 rings (SSSR count). The number of morpholine rings is 1. The Kier molecular flexibility index (Phi) is 7.46. The fraction of sp³-hybridized carbons (Fsp3) is 0.370. The average molecular weight is 487 g/mol. The zero-order valence-electron chi connectivity index (χ0n) is 21.0. The van der Waals surface area contributed by atoms with Crippen molar-refractivity contribution in [2.45, 2.75) is 33.1 Å². The van der Waals surface area contributed by atoms with Gasteiger partial charge in [-0.15, -0.1) is 0 Å². The molecule has 0 unspecified atom stereocenters. The molecule has 1 saturated heterocycles. The molecule has 9 nitrogen and oxygen atoms in total. The fourth-order valence-electron chi connectivity index (χ4n) is 3.96. The minimum Gasteiger partial charge on any atom is -0.478 e. The van der Waals surface area contributed by atoms with E-state index in [4.69, 9.17) is 14.5 Å². The molecule has 0 aromatic carbocycles. The molecule has 9 heteroatoms. The second kappa shape index (κ2) is 10.7. The summed E-state index contributed by atoms with van der Waals surface area (Å²) in [5.74, 6) is 0.920. The second-order valence-corrected chi connectivity index (χ2v) is 9.03. The highest BCUT2D eigenvalue weighted by Gasteiger charge is 2.24. The van der Waals surface area contributed by atoms with Gasteiger partial charge < -0.3 is 19.7 Å². The Bertz CT molecular complexity index is 1290. The zero-order chi connectivity index (χ0) is 25.7. The number of hydrogen-bond donors (Lipinski definition) is 1. The van der Waals surface area contributed by atoms with Gasteiger partial charge in [-0.05, 0) is 57.5 Å². The molecule has 1 aliphatic heterocycles. The number of aromatic nitrogens is 3. The van der Waals surface area contributed by atoms with Crippen LogP contribution in [0.15, 0.2) is 42.7 Å². The molecule has 0 spiro atoms. The first kappa shape index (κ1) is 25.1. The van der Waals surface area contributed by atoms with Gasteiger partial charge in [0, 0.05) is 48.4 Å². The van der Waals surface area contributed by atoms with Crippen LogP contribution in [0.2, 0.25) is 0 Å². The quantitative estimate of drug-likeness (QED) is 0.530. The molecule has 36 heavy (non-hydrogen) atoms. The number of pyridine rings is 3. The molecule has 1 amide bonds. The van der Waals surface area contributed by atoms with Crippen LogP contribution in [-0.2, 0) is 10.2 Å². The van der Waals surface area contributed by atoms with E-state index < -0.39 is 5.41 Å². The van der Waals surface area contributed by atoms with Gasteiger partial charge in [-0.25, -0.2) is 9.97 Å². The number of aryl methyl sites for hydroxylation is 1. The van der Waals surface area contributed by atoms with Gasteiger partial charge in [0.15, 0.2) is 5.82 Å². The number of carbonyl (C=O) groups is 1. The topological polar surface area (TPSA) is 113 Å². The van der Waals surface area contributed by atoms with E-state index in [-0.39, 0.29) is 5.91 Å². The zero-order valence-corrected chi connectivity index (χ0v) is 21.0. The van der Waals surface area contributed by atoms with Gasteiger partial charge in [0.25, 0.3) is 5.91 Å². The molecule has 3 aromatic heterocycles. The van der Waals surface area contributed by atoms with Crippen LogP contribution >= 0.6 is 0 Å². The summed E-state index contributed by atoms with van der Waals surface area (Å²) in [4.78, 5) is 28.9. The van der Waals surface area contributed by atoms with Crippen LogP contribution in [0, 0.1) is 18.3 Å². The molecule has 0 saturated carbocycles. The van der Waals surface area contributed by atoms with Crippen molar-refractivity contribution in [1.82, 2.24) is 15.0 Å². The molecule has 0 aliphatic carbocycles. The van der Waals surface area contributed by atoms with Gasteiger partial charge in [0.05, 0.1) is 42.7 Å². The molecule has 4 heterocycles. The van der Waals surface area contributed by atoms with Crippen LogP contribution < -0.4 is 15.0 Å². The summed E-state index contributed by atoms with van der Waals surface area (Å²) in [7, 11) is 0. The second-order valence-electron chi connectivity index (χ2n) is 9.03. The average Bonchev–Trinajstić information content (AvgIpc) is 2.90. The first-order chi connectivity index (χ1) is 17.3. The lowest BCUT2D eigenvalue weighted by atomic mass is 9.90. The maximum Gasteiger partial charge on any atom is 0.255 e. The van der Waals surface area contributed by atoms with E-state index >= 15 is 0 Å². The summed E-state index contributed by atoms with van der Waals surface area (Å²) >= 11 is 0. The lowest BCUT2D eigenvalue weighted by Crippen LogP contribution is -2.37. The van der Waals surface area contributed by atoms with Crippen molar-refractivity contribution in [2.75, 3.05) is 43.1 Å². The Morgan fingerprint density at radius 2 is 1.94 bits per heavy atom. The number of rotatable bonds is 7. The van der Waals surface area contributed by atoms with Gasteiger partial charge in [0.1, 0.15) is 0 Å². The predicted molar refractivity (Wildman–Crippen MR) is 137 cm³/mol. The van der Waals surface area contributed by atoms with E-state index in [0.717, 1.165) is 16.8 Å². The Morgan fingerprint density at radius 3 is 2.67 bits per heavy atom. The van der Waals surface area contributed by atoms with Crippen molar-refractivity contribution in [3.63, 3.8) is 0 Å². The molecule has 1 fully saturated rings. The number of ether oxygens (including phenoxy) is 2. The lowest BCUT2D eigenvalue weighted by molar-refractivity contribution is 0.102. The molecule has 3 aromatic rings. The van der Waals surface area contributed by atoms with Crippen molar-refractivity contribution < 1.29 is 14.3 Å². The summed E-state index contributed by atoms with van der Waals surface area (Å²) in [6, 6.07) is 11.2. The van der Waals surface area contributed by atoms with E-state index in [2.05, 4.69) is 26.3 Å². The SMILES string of the molecule is CCOc1cc(-c2cc(NC(=O)c3ccnc(C(C)(C)C#N)c3)c(N3CCOCC3)nc2C)ccn1. The van der Waals surface area contributed by atoms with E-state index in [0.29, 0.717) is 61.6 Å². The summed E-state index contributed by atoms with van der Waals surface area (Å²) in [6.45, 7) is 10.5. The first-order valence-electron chi connectivity index (χ1n) is 11.9. The third-order valence-electron chi connectivity index (χ3n) is 6.03. The third-order valence-corrected chi connectivity index (χ3v) is 6.03. The molecule has 1 N–H and O–H groups in total. The minimum atomic E-state index is -0.812. The maximum absolute atomic E-state index is 13.4. The van der Waals surface area contributed by atoms with E-state index in [1.165, 1.54) is 0 Å². The normalized spacial score (nSPS) is 13.7. The summed E-state index contributed by atoms with van der Waals surface area (Å²) in [6.07, 6.45) is 3.25. The number of hydrogen-bond acceptors (Lipinski definition) is 8. The van der Waals surface area contributed by atoms with Crippen LogP contribution in [0.3, 0.4) is 0 Å². The molecular formula is C27H30N6O3. The van der Waals surface area contributed by atoms with Crippen LogP contribution in [0.1, 0.15) is 42.5 Å². The summed E-state index contributed by atoms with van der Waals surface area (Å²) in [5.41, 5.74) is 3.32. The monoisotopic (exact) mass is 486 g/mol. The summed E-state index contributed by atoms with van der Waals surface area (Å²) < 4.78 is 11.1. The fourth-order valence-corrected chi connectivity index (χ4v) is 3.96. The van der Waals surface area contributed by atoms with Crippen LogP contribution in [0.25, 0.3) is 11.1 Å². The van der Waals surface area contributed by atoms with E-state index in [9.17, 15) is 10.1 Å². The standard InChI is InChI=1S/C27H30N6O3/c1-5-36-24-15-19(6-9-30-24)21-16-22(25(31-18(21)2)33-10-12-35-13-11-33)32-26(34)20-7-8-29-23(14-20)27(3,4)17-28/h6-9,14-16H,5,10-13H2,1-4H3,(H,32,34). The number of amides is 1. The highest BCUT2D eigenvalue weighted by Crippen LogP contribution is 2.34. The smallest absolute Gasteiger partial charge is 0.255 e. The Labute approximate surface area is 211 Å². The van der Waals surface area contributed by atoms with Crippen LogP contribution in [0.4, 0.5) is 11.5 Å². The highest BCUT2D eigenvalue weighted by molar-refractivity contribution is 6.06. The van der Waals surface area contributed by atoms with Gasteiger partial charge in [0.2, 0.25) is 5.88 Å². The lowest BCUT2D eigenvalue weighted by Gasteiger charge is -2.30. The molecule has 0 radical (unpaired) electrons. The molecular weight excluding hydrogens is 456 g/mol. The number of nitrogens with zero attached hydrogens (tertiary/aromatic N) is 5. The molecule has 186 valence electrons. The molecule has 0 bridgehead atoms. The largest absolute Gasteiger partial charge is 0.478 e. The molecule has 1 aliphatic rings.